The number of aromatic nitrogens is 1. The van der Waals surface area contributed by atoms with Crippen molar-refractivity contribution in [1.29, 1.82) is 0 Å². The van der Waals surface area contributed by atoms with Crippen molar-refractivity contribution in [3.8, 4) is 5.69 Å². The summed E-state index contributed by atoms with van der Waals surface area (Å²) in [5.74, 6) is -0.750. The maximum atomic E-state index is 15.0. The highest BCUT2D eigenvalue weighted by molar-refractivity contribution is 6.30. The Bertz CT molecular complexity index is 1040. The number of carbonyl (C=O) groups excluding carboxylic acids is 1. The first-order valence-electron chi connectivity index (χ1n) is 9.95. The van der Waals surface area contributed by atoms with Gasteiger partial charge in [-0.25, -0.2) is 8.78 Å². The molecule has 1 saturated carbocycles. The molecule has 1 atom stereocenters. The number of hydrogen-bond acceptors (Lipinski definition) is 1. The van der Waals surface area contributed by atoms with Crippen LogP contribution >= 0.6 is 11.6 Å². The molecular formula is C24H23ClF2NO+. The van der Waals surface area contributed by atoms with Crippen molar-refractivity contribution in [3.05, 3.63) is 71.1 Å². The molecule has 0 radical (unpaired) electrons. The van der Waals surface area contributed by atoms with Gasteiger partial charge in [0.15, 0.2) is 6.20 Å². The third kappa shape index (κ3) is 3.78. The summed E-state index contributed by atoms with van der Waals surface area (Å²) in [5.41, 5.74) is 1.43. The van der Waals surface area contributed by atoms with E-state index in [9.17, 15) is 9.18 Å². The Kier molecular flexibility index (Phi) is 5.39. The summed E-state index contributed by atoms with van der Waals surface area (Å²) in [7, 11) is 0. The van der Waals surface area contributed by atoms with Gasteiger partial charge in [0, 0.05) is 35.2 Å². The molecule has 0 aliphatic heterocycles. The molecule has 150 valence electrons. The van der Waals surface area contributed by atoms with Crippen LogP contribution in [0.1, 0.15) is 44.1 Å². The molecule has 1 heterocycles. The molecule has 1 aromatic heterocycles. The van der Waals surface area contributed by atoms with Crippen LogP contribution in [0.25, 0.3) is 16.6 Å². The van der Waals surface area contributed by atoms with Crippen LogP contribution in [-0.2, 0) is 4.79 Å². The number of hydrogen-bond donors (Lipinski definition) is 0. The van der Waals surface area contributed by atoms with Crippen molar-refractivity contribution < 1.29 is 18.1 Å². The monoisotopic (exact) mass is 414 g/mol. The first-order valence-corrected chi connectivity index (χ1v) is 10.3. The lowest BCUT2D eigenvalue weighted by molar-refractivity contribution is -0.567. The van der Waals surface area contributed by atoms with Crippen molar-refractivity contribution in [2.75, 3.05) is 0 Å². The topological polar surface area (TPSA) is 20.9 Å². The maximum Gasteiger partial charge on any atom is 0.218 e. The first-order chi connectivity index (χ1) is 13.9. The average molecular weight is 415 g/mol. The largest absolute Gasteiger partial charge is 0.303 e. The van der Waals surface area contributed by atoms with Gasteiger partial charge in [0.05, 0.1) is 5.39 Å². The lowest BCUT2D eigenvalue weighted by Gasteiger charge is -2.36. The maximum absolute atomic E-state index is 15.0. The smallest absolute Gasteiger partial charge is 0.218 e. The van der Waals surface area contributed by atoms with Gasteiger partial charge in [-0.1, -0.05) is 18.5 Å². The Morgan fingerprint density at radius 3 is 2.48 bits per heavy atom. The van der Waals surface area contributed by atoms with Crippen LogP contribution in [0.4, 0.5) is 8.78 Å². The number of fused-ring (bicyclic) bond motifs is 1. The van der Waals surface area contributed by atoms with E-state index >= 15 is 4.39 Å². The summed E-state index contributed by atoms with van der Waals surface area (Å²) in [5, 5.41) is 1.49. The van der Waals surface area contributed by atoms with E-state index in [0.717, 1.165) is 22.2 Å². The number of aldehydes is 1. The van der Waals surface area contributed by atoms with Crippen molar-refractivity contribution in [2.45, 2.75) is 44.2 Å². The van der Waals surface area contributed by atoms with Gasteiger partial charge in [-0.15, -0.1) is 0 Å². The number of alkyl halides is 1. The highest BCUT2D eigenvalue weighted by atomic mass is 35.5. The zero-order valence-electron chi connectivity index (χ0n) is 16.2. The van der Waals surface area contributed by atoms with E-state index in [0.29, 0.717) is 37.0 Å². The lowest BCUT2D eigenvalue weighted by Crippen LogP contribution is -2.37. The summed E-state index contributed by atoms with van der Waals surface area (Å²) in [6.45, 7) is 1.65. The quantitative estimate of drug-likeness (QED) is 0.372. The second-order valence-electron chi connectivity index (χ2n) is 8.01. The third-order valence-corrected chi connectivity index (χ3v) is 6.57. The average Bonchev–Trinajstić information content (AvgIpc) is 2.73. The molecule has 2 nitrogen and oxygen atoms in total. The van der Waals surface area contributed by atoms with Gasteiger partial charge in [-0.05, 0) is 61.4 Å². The zero-order chi connectivity index (χ0) is 20.6. The minimum Gasteiger partial charge on any atom is -0.303 e. The molecule has 1 unspecified atom stereocenters. The molecule has 1 aliphatic carbocycles. The number of benzene rings is 2. The van der Waals surface area contributed by atoms with Crippen LogP contribution in [0.3, 0.4) is 0 Å². The van der Waals surface area contributed by atoms with E-state index in [1.54, 1.807) is 19.1 Å². The number of nitrogens with zero attached hydrogens (tertiary/aromatic N) is 1. The molecule has 2 aromatic carbocycles. The van der Waals surface area contributed by atoms with Crippen molar-refractivity contribution >= 4 is 28.8 Å². The first kappa shape index (κ1) is 20.0. The number of pyridine rings is 1. The molecular weight excluding hydrogens is 392 g/mol. The Morgan fingerprint density at radius 1 is 1.14 bits per heavy atom. The molecule has 0 N–H and O–H groups in total. The Balaban J connectivity index is 1.73. The fourth-order valence-electron chi connectivity index (χ4n) is 4.44. The molecule has 5 heteroatoms. The van der Waals surface area contributed by atoms with Gasteiger partial charge in [-0.3, -0.25) is 0 Å². The van der Waals surface area contributed by atoms with Crippen molar-refractivity contribution in [2.24, 2.45) is 5.92 Å². The SMILES string of the molecule is CC(C=O)[C@]1(F)CC[C@@H](c2cc[n+](-c3ccc(Cl)cc3)c3ccc(F)cc32)CC1. The second-order valence-corrected chi connectivity index (χ2v) is 8.45. The molecule has 3 aromatic rings. The molecule has 0 spiro atoms. The lowest BCUT2D eigenvalue weighted by atomic mass is 9.72. The molecule has 0 amide bonds. The molecule has 1 aliphatic rings. The van der Waals surface area contributed by atoms with Gasteiger partial charge in [0.25, 0.3) is 0 Å². The van der Waals surface area contributed by atoms with Crippen LogP contribution in [0.15, 0.2) is 54.7 Å². The summed E-state index contributed by atoms with van der Waals surface area (Å²) in [4.78, 5) is 11.1. The van der Waals surface area contributed by atoms with E-state index in [2.05, 4.69) is 0 Å². The summed E-state index contributed by atoms with van der Waals surface area (Å²) in [6, 6.07) is 14.3. The second kappa shape index (κ2) is 7.83. The van der Waals surface area contributed by atoms with E-state index in [1.807, 2.05) is 41.1 Å². The molecule has 0 bridgehead atoms. The van der Waals surface area contributed by atoms with Gasteiger partial charge >= 0.3 is 0 Å². The van der Waals surface area contributed by atoms with E-state index in [-0.39, 0.29) is 11.7 Å². The minimum absolute atomic E-state index is 0.141. The standard InChI is InChI=1S/C24H23ClF2NO/c1-16(15-29)24(27)11-8-17(9-12-24)21-10-13-28(20-5-2-18(25)3-6-20)23-7-4-19(26)14-22(21)23/h2-7,10,13-17H,8-9,11-12H2,1H3/q+1/t16?,17-,24+. The molecule has 29 heavy (non-hydrogen) atoms. The number of rotatable bonds is 4. The third-order valence-electron chi connectivity index (χ3n) is 6.31. The van der Waals surface area contributed by atoms with Crippen molar-refractivity contribution in [3.63, 3.8) is 0 Å². The van der Waals surface area contributed by atoms with Crippen LogP contribution in [0.2, 0.25) is 5.02 Å². The van der Waals surface area contributed by atoms with Gasteiger partial charge in [-0.2, -0.15) is 4.57 Å². The highest BCUT2D eigenvalue weighted by Gasteiger charge is 2.40. The van der Waals surface area contributed by atoms with Gasteiger partial charge < -0.3 is 4.79 Å². The van der Waals surface area contributed by atoms with Crippen LogP contribution in [-0.4, -0.2) is 12.0 Å². The highest BCUT2D eigenvalue weighted by Crippen LogP contribution is 2.44. The molecule has 4 rings (SSSR count). The number of carbonyl (C=O) groups is 1. The predicted molar refractivity (Wildman–Crippen MR) is 111 cm³/mol. The zero-order valence-corrected chi connectivity index (χ0v) is 17.0. The normalized spacial score (nSPS) is 23.1. The minimum atomic E-state index is -1.43. The van der Waals surface area contributed by atoms with Gasteiger partial charge in [0.1, 0.15) is 17.8 Å². The van der Waals surface area contributed by atoms with E-state index < -0.39 is 11.6 Å². The van der Waals surface area contributed by atoms with E-state index in [4.69, 9.17) is 11.6 Å². The predicted octanol–water partition coefficient (Wildman–Crippen LogP) is 6.11. The summed E-state index contributed by atoms with van der Waals surface area (Å²) in [6.07, 6.45) is 4.67. The fraction of sp³-hybridized carbons (Fsp3) is 0.333. The van der Waals surface area contributed by atoms with Crippen LogP contribution in [0, 0.1) is 11.7 Å². The fourth-order valence-corrected chi connectivity index (χ4v) is 4.57. The van der Waals surface area contributed by atoms with Gasteiger partial charge in [0.2, 0.25) is 11.2 Å². The van der Waals surface area contributed by atoms with Crippen LogP contribution in [0.5, 0.6) is 0 Å². The Morgan fingerprint density at radius 2 is 1.83 bits per heavy atom. The Labute approximate surface area is 174 Å². The van der Waals surface area contributed by atoms with Crippen LogP contribution < -0.4 is 4.57 Å². The summed E-state index contributed by atoms with van der Waals surface area (Å²) < 4.78 is 31.2. The number of halogens is 3. The van der Waals surface area contributed by atoms with E-state index in [1.165, 1.54) is 6.07 Å². The molecule has 1 fully saturated rings. The molecule has 0 saturated heterocycles. The summed E-state index contributed by atoms with van der Waals surface area (Å²) >= 11 is 6.01. The Hall–Kier alpha value is -2.33. The van der Waals surface area contributed by atoms with Crippen molar-refractivity contribution in [1.82, 2.24) is 0 Å².